The second-order valence-corrected chi connectivity index (χ2v) is 4.18. The summed E-state index contributed by atoms with van der Waals surface area (Å²) in [5, 5.41) is 8.93. The third-order valence-corrected chi connectivity index (χ3v) is 2.79. The fourth-order valence-corrected chi connectivity index (χ4v) is 1.78. The van der Waals surface area contributed by atoms with Crippen molar-refractivity contribution in [1.82, 2.24) is 19.9 Å². The number of nitriles is 1. The summed E-state index contributed by atoms with van der Waals surface area (Å²) in [5.41, 5.74) is 8.00. The summed E-state index contributed by atoms with van der Waals surface area (Å²) in [6, 6.07) is 7.25. The van der Waals surface area contributed by atoms with Crippen LogP contribution in [-0.2, 0) is 0 Å². The topological polar surface area (TPSA) is 114 Å². The van der Waals surface area contributed by atoms with E-state index in [0.29, 0.717) is 22.5 Å². The zero-order valence-corrected chi connectivity index (χ0v) is 10.6. The Morgan fingerprint density at radius 3 is 3.00 bits per heavy atom. The zero-order valence-electron chi connectivity index (χ0n) is 10.6. The van der Waals surface area contributed by atoms with E-state index in [1.54, 1.807) is 12.1 Å². The number of hydrogen-bond acceptors (Lipinski definition) is 6. The van der Waals surface area contributed by atoms with Crippen molar-refractivity contribution in [3.05, 3.63) is 35.7 Å². The number of H-pyrrole nitrogens is 1. The van der Waals surface area contributed by atoms with Crippen LogP contribution in [0.1, 0.15) is 11.1 Å². The highest BCUT2D eigenvalue weighted by molar-refractivity contribution is 5.77. The number of nitrogens with one attached hydrogen (secondary N) is 1. The van der Waals surface area contributed by atoms with Gasteiger partial charge in [-0.2, -0.15) is 15.2 Å². The van der Waals surface area contributed by atoms with Crippen molar-refractivity contribution in [2.45, 2.75) is 6.92 Å². The maximum Gasteiger partial charge on any atom is 0.250 e. The minimum absolute atomic E-state index is 0.0775. The van der Waals surface area contributed by atoms with Crippen molar-refractivity contribution in [3.63, 3.8) is 0 Å². The third kappa shape index (κ3) is 1.99. The van der Waals surface area contributed by atoms with Gasteiger partial charge in [0, 0.05) is 0 Å². The Hall–Kier alpha value is -3.14. The van der Waals surface area contributed by atoms with Crippen molar-refractivity contribution in [2.75, 3.05) is 5.73 Å². The van der Waals surface area contributed by atoms with Crippen LogP contribution in [0.4, 0.5) is 5.95 Å². The van der Waals surface area contributed by atoms with Gasteiger partial charge in [-0.3, -0.25) is 0 Å². The fourth-order valence-electron chi connectivity index (χ4n) is 1.78. The number of hydrogen-bond donors (Lipinski definition) is 2. The summed E-state index contributed by atoms with van der Waals surface area (Å²) in [4.78, 5) is 15.0. The molecule has 98 valence electrons. The molecule has 0 bridgehead atoms. The molecule has 0 fully saturated rings. The molecule has 0 aliphatic carbocycles. The van der Waals surface area contributed by atoms with Crippen molar-refractivity contribution < 1.29 is 4.74 Å². The molecule has 2 heterocycles. The lowest BCUT2D eigenvalue weighted by atomic mass is 10.1. The lowest BCUT2D eigenvalue weighted by Gasteiger charge is -2.08. The second kappa shape index (κ2) is 4.51. The molecule has 7 heteroatoms. The van der Waals surface area contributed by atoms with Gasteiger partial charge in [0.2, 0.25) is 5.95 Å². The summed E-state index contributed by atoms with van der Waals surface area (Å²) < 4.78 is 5.75. The number of benzene rings is 1. The van der Waals surface area contributed by atoms with E-state index >= 15 is 0 Å². The normalized spacial score (nSPS) is 10.4. The van der Waals surface area contributed by atoms with Crippen LogP contribution in [0.2, 0.25) is 0 Å². The van der Waals surface area contributed by atoms with Crippen LogP contribution < -0.4 is 10.5 Å². The zero-order chi connectivity index (χ0) is 14.1. The van der Waals surface area contributed by atoms with Crippen molar-refractivity contribution >= 4 is 17.1 Å². The van der Waals surface area contributed by atoms with Crippen LogP contribution in [0.15, 0.2) is 24.5 Å². The van der Waals surface area contributed by atoms with Crippen LogP contribution in [0.3, 0.4) is 0 Å². The van der Waals surface area contributed by atoms with E-state index in [2.05, 4.69) is 26.0 Å². The van der Waals surface area contributed by atoms with Crippen molar-refractivity contribution in [2.24, 2.45) is 0 Å². The largest absolute Gasteiger partial charge is 0.437 e. The van der Waals surface area contributed by atoms with Gasteiger partial charge in [-0.1, -0.05) is 6.07 Å². The first kappa shape index (κ1) is 11.9. The van der Waals surface area contributed by atoms with E-state index in [1.165, 1.54) is 6.33 Å². The number of fused-ring (bicyclic) bond motifs is 1. The number of anilines is 1. The van der Waals surface area contributed by atoms with Crippen LogP contribution in [0.25, 0.3) is 11.2 Å². The minimum atomic E-state index is 0.0775. The minimum Gasteiger partial charge on any atom is -0.437 e. The average Bonchev–Trinajstić information content (AvgIpc) is 2.89. The lowest BCUT2D eigenvalue weighted by molar-refractivity contribution is 0.464. The average molecular weight is 266 g/mol. The van der Waals surface area contributed by atoms with E-state index in [-0.39, 0.29) is 11.8 Å². The first-order chi connectivity index (χ1) is 9.67. The molecule has 3 rings (SSSR count). The van der Waals surface area contributed by atoms with Gasteiger partial charge < -0.3 is 15.5 Å². The number of nitrogens with zero attached hydrogens (tertiary/aromatic N) is 4. The molecule has 0 amide bonds. The second-order valence-electron chi connectivity index (χ2n) is 4.18. The third-order valence-electron chi connectivity index (χ3n) is 2.79. The van der Waals surface area contributed by atoms with Crippen molar-refractivity contribution in [3.8, 4) is 17.7 Å². The SMILES string of the molecule is Cc1ccc(C#N)cc1Oc1nc(N)nc2nc[nH]c12. The Morgan fingerprint density at radius 1 is 1.35 bits per heavy atom. The van der Waals surface area contributed by atoms with Gasteiger partial charge in [0.25, 0.3) is 5.88 Å². The highest BCUT2D eigenvalue weighted by Gasteiger charge is 2.12. The molecule has 0 aliphatic heterocycles. The summed E-state index contributed by atoms with van der Waals surface area (Å²) in [5.74, 6) is 0.898. The molecule has 1 aromatic carbocycles. The number of aromatic nitrogens is 4. The van der Waals surface area contributed by atoms with E-state index < -0.39 is 0 Å². The number of imidazole rings is 1. The van der Waals surface area contributed by atoms with Gasteiger partial charge in [0.1, 0.15) is 11.3 Å². The molecule has 3 N–H and O–H groups in total. The first-order valence-corrected chi connectivity index (χ1v) is 5.82. The smallest absolute Gasteiger partial charge is 0.250 e. The Balaban J connectivity index is 2.09. The summed E-state index contributed by atoms with van der Waals surface area (Å²) >= 11 is 0. The van der Waals surface area contributed by atoms with Gasteiger partial charge in [0.05, 0.1) is 18.0 Å². The van der Waals surface area contributed by atoms with Gasteiger partial charge in [-0.05, 0) is 24.6 Å². The van der Waals surface area contributed by atoms with Gasteiger partial charge >= 0.3 is 0 Å². The highest BCUT2D eigenvalue weighted by atomic mass is 16.5. The summed E-state index contributed by atoms with van der Waals surface area (Å²) in [7, 11) is 0. The Labute approximate surface area is 114 Å². The number of nitrogen functional groups attached to an aromatic ring is 1. The lowest BCUT2D eigenvalue weighted by Crippen LogP contribution is -1.99. The maximum absolute atomic E-state index is 8.93. The molecular formula is C13H10N6O. The number of nitrogens with two attached hydrogens (primary N) is 1. The van der Waals surface area contributed by atoms with Gasteiger partial charge in [0.15, 0.2) is 5.65 Å². The number of rotatable bonds is 2. The van der Waals surface area contributed by atoms with Crippen molar-refractivity contribution in [1.29, 1.82) is 5.26 Å². The highest BCUT2D eigenvalue weighted by Crippen LogP contribution is 2.28. The summed E-state index contributed by atoms with van der Waals surface area (Å²) in [6.45, 7) is 1.88. The van der Waals surface area contributed by atoms with Crippen LogP contribution in [0.5, 0.6) is 11.6 Å². The van der Waals surface area contributed by atoms with E-state index in [0.717, 1.165) is 5.56 Å². The molecule has 0 atom stereocenters. The Bertz CT molecular complexity index is 832. The van der Waals surface area contributed by atoms with E-state index in [4.69, 9.17) is 15.7 Å². The molecule has 0 saturated carbocycles. The van der Waals surface area contributed by atoms with Crippen LogP contribution in [-0.4, -0.2) is 19.9 Å². The predicted octanol–water partition coefficient (Wildman–Crippen LogP) is 1.91. The standard InChI is InChI=1S/C13H10N6O/c1-7-2-3-8(5-14)4-9(7)20-12-10-11(17-6-16-10)18-13(15)19-12/h2-4,6H,1H3,(H3,15,16,17,18,19). The quantitative estimate of drug-likeness (QED) is 0.732. The van der Waals surface area contributed by atoms with Gasteiger partial charge in [-0.15, -0.1) is 0 Å². The molecule has 0 saturated heterocycles. The van der Waals surface area contributed by atoms with Crippen LogP contribution >= 0.6 is 0 Å². The first-order valence-electron chi connectivity index (χ1n) is 5.82. The van der Waals surface area contributed by atoms with Crippen LogP contribution in [0, 0.1) is 18.3 Å². The fraction of sp³-hybridized carbons (Fsp3) is 0.0769. The Kier molecular flexibility index (Phi) is 2.69. The Morgan fingerprint density at radius 2 is 2.20 bits per heavy atom. The monoisotopic (exact) mass is 266 g/mol. The molecule has 20 heavy (non-hydrogen) atoms. The molecule has 0 radical (unpaired) electrons. The molecule has 0 unspecified atom stereocenters. The molecule has 7 nitrogen and oxygen atoms in total. The number of aryl methyl sites for hydroxylation is 1. The molecule has 0 aliphatic rings. The van der Waals surface area contributed by atoms with Gasteiger partial charge in [-0.25, -0.2) is 4.98 Å². The van der Waals surface area contributed by atoms with E-state index in [1.807, 2.05) is 13.0 Å². The molecular weight excluding hydrogens is 256 g/mol. The molecule has 0 spiro atoms. The molecule has 3 aromatic rings. The predicted molar refractivity (Wildman–Crippen MR) is 72.1 cm³/mol. The number of ether oxygens (including phenoxy) is 1. The van der Waals surface area contributed by atoms with E-state index in [9.17, 15) is 0 Å². The number of aromatic amines is 1. The molecule has 2 aromatic heterocycles. The summed E-state index contributed by atoms with van der Waals surface area (Å²) in [6.07, 6.45) is 1.49. The maximum atomic E-state index is 8.93.